The molecule has 1 aromatic heterocycles. The number of aromatic amines is 1. The molecular weight excluding hydrogens is 226 g/mol. The van der Waals surface area contributed by atoms with Crippen LogP contribution in [0.5, 0.6) is 5.75 Å². The quantitative estimate of drug-likeness (QED) is 0.849. The van der Waals surface area contributed by atoms with Gasteiger partial charge in [-0.25, -0.2) is 0 Å². The molecule has 18 heavy (non-hydrogen) atoms. The average Bonchev–Trinajstić information content (AvgIpc) is 2.74. The number of hydrogen-bond donors (Lipinski definition) is 2. The summed E-state index contributed by atoms with van der Waals surface area (Å²) in [7, 11) is 1.71. The summed E-state index contributed by atoms with van der Waals surface area (Å²) in [5.74, 6) is 0.915. The number of piperazine rings is 1. The maximum Gasteiger partial charge on any atom is 0.119 e. The summed E-state index contributed by atoms with van der Waals surface area (Å²) in [5.41, 5.74) is 3.74. The fourth-order valence-corrected chi connectivity index (χ4v) is 2.71. The summed E-state index contributed by atoms with van der Waals surface area (Å²) in [4.78, 5) is 5.91. The Balaban J connectivity index is 2.10. The van der Waals surface area contributed by atoms with Crippen LogP contribution in [-0.2, 0) is 0 Å². The molecule has 4 nitrogen and oxygen atoms in total. The van der Waals surface area contributed by atoms with E-state index in [1.807, 2.05) is 6.07 Å². The zero-order chi connectivity index (χ0) is 12.5. The van der Waals surface area contributed by atoms with Gasteiger partial charge in [-0.1, -0.05) is 0 Å². The van der Waals surface area contributed by atoms with Gasteiger partial charge in [0.1, 0.15) is 5.75 Å². The van der Waals surface area contributed by atoms with Crippen molar-refractivity contribution in [3.63, 3.8) is 0 Å². The summed E-state index contributed by atoms with van der Waals surface area (Å²) in [6, 6.07) is 6.21. The second-order valence-corrected chi connectivity index (χ2v) is 4.75. The topological polar surface area (TPSA) is 40.3 Å². The second kappa shape index (κ2) is 4.53. The van der Waals surface area contributed by atoms with E-state index in [9.17, 15) is 0 Å². The van der Waals surface area contributed by atoms with Crippen molar-refractivity contribution >= 4 is 16.6 Å². The maximum atomic E-state index is 5.33. The first-order valence-electron chi connectivity index (χ1n) is 6.41. The zero-order valence-corrected chi connectivity index (χ0v) is 10.9. The molecule has 3 rings (SSSR count). The van der Waals surface area contributed by atoms with Crippen LogP contribution in [0.1, 0.15) is 5.69 Å². The minimum atomic E-state index is 0.915. The molecule has 1 aromatic carbocycles. The first-order valence-corrected chi connectivity index (χ1v) is 6.41. The van der Waals surface area contributed by atoms with Crippen molar-refractivity contribution in [2.75, 3.05) is 38.2 Å². The van der Waals surface area contributed by atoms with Gasteiger partial charge < -0.3 is 19.9 Å². The Morgan fingerprint density at radius 1 is 1.22 bits per heavy atom. The van der Waals surface area contributed by atoms with Gasteiger partial charge in [-0.2, -0.15) is 0 Å². The lowest BCUT2D eigenvalue weighted by atomic mass is 10.2. The van der Waals surface area contributed by atoms with Crippen LogP contribution in [0.25, 0.3) is 10.9 Å². The molecule has 1 aliphatic rings. The Hall–Kier alpha value is -1.68. The predicted molar refractivity (Wildman–Crippen MR) is 74.7 cm³/mol. The molecule has 0 unspecified atom stereocenters. The third-order valence-corrected chi connectivity index (χ3v) is 3.59. The van der Waals surface area contributed by atoms with E-state index in [1.165, 1.54) is 22.3 Å². The lowest BCUT2D eigenvalue weighted by Crippen LogP contribution is -2.43. The third-order valence-electron chi connectivity index (χ3n) is 3.59. The Bertz CT molecular complexity index is 555. The highest BCUT2D eigenvalue weighted by Crippen LogP contribution is 2.33. The van der Waals surface area contributed by atoms with Crippen molar-refractivity contribution in [2.45, 2.75) is 6.92 Å². The van der Waals surface area contributed by atoms with Crippen molar-refractivity contribution < 1.29 is 4.74 Å². The minimum absolute atomic E-state index is 0.915. The maximum absolute atomic E-state index is 5.33. The number of aryl methyl sites for hydroxylation is 1. The average molecular weight is 245 g/mol. The summed E-state index contributed by atoms with van der Waals surface area (Å²) in [5, 5.41) is 4.65. The zero-order valence-electron chi connectivity index (χ0n) is 10.9. The van der Waals surface area contributed by atoms with E-state index in [-0.39, 0.29) is 0 Å². The van der Waals surface area contributed by atoms with Crippen LogP contribution >= 0.6 is 0 Å². The van der Waals surface area contributed by atoms with Crippen LogP contribution in [0.2, 0.25) is 0 Å². The third kappa shape index (κ3) is 1.82. The van der Waals surface area contributed by atoms with Gasteiger partial charge in [-0.15, -0.1) is 0 Å². The van der Waals surface area contributed by atoms with E-state index >= 15 is 0 Å². The summed E-state index contributed by atoms with van der Waals surface area (Å²) < 4.78 is 5.33. The molecule has 2 N–H and O–H groups in total. The van der Waals surface area contributed by atoms with Crippen LogP contribution in [0.4, 0.5) is 5.69 Å². The van der Waals surface area contributed by atoms with Gasteiger partial charge in [-0.3, -0.25) is 0 Å². The number of hydrogen-bond acceptors (Lipinski definition) is 3. The molecule has 1 fully saturated rings. The number of benzene rings is 1. The fourth-order valence-electron chi connectivity index (χ4n) is 2.71. The van der Waals surface area contributed by atoms with Crippen LogP contribution in [0, 0.1) is 6.92 Å². The highest BCUT2D eigenvalue weighted by Gasteiger charge is 2.17. The predicted octanol–water partition coefficient (Wildman–Crippen LogP) is 1.89. The standard InChI is InChI=1S/C14H19N3O/c1-10-14(17-7-5-15-6-8-17)12-9-11(18-2)3-4-13(12)16-10/h3-4,9,15-16H,5-8H2,1-2H3. The molecule has 0 amide bonds. The van der Waals surface area contributed by atoms with Crippen LogP contribution in [-0.4, -0.2) is 38.3 Å². The Morgan fingerprint density at radius 2 is 2.00 bits per heavy atom. The van der Waals surface area contributed by atoms with Gasteiger partial charge in [0, 0.05) is 42.8 Å². The van der Waals surface area contributed by atoms with E-state index in [0.717, 1.165) is 31.9 Å². The molecule has 1 aliphatic heterocycles. The van der Waals surface area contributed by atoms with Gasteiger partial charge in [0.05, 0.1) is 12.8 Å². The summed E-state index contributed by atoms with van der Waals surface area (Å²) in [6.45, 7) is 6.37. The number of nitrogens with one attached hydrogen (secondary N) is 2. The highest BCUT2D eigenvalue weighted by atomic mass is 16.5. The number of methoxy groups -OCH3 is 1. The molecule has 2 aromatic rings. The number of fused-ring (bicyclic) bond motifs is 1. The van der Waals surface area contributed by atoms with Crippen molar-refractivity contribution in [3.05, 3.63) is 23.9 Å². The number of anilines is 1. The number of ether oxygens (including phenoxy) is 1. The van der Waals surface area contributed by atoms with Gasteiger partial charge >= 0.3 is 0 Å². The molecule has 0 saturated carbocycles. The number of aromatic nitrogens is 1. The minimum Gasteiger partial charge on any atom is -0.497 e. The van der Waals surface area contributed by atoms with E-state index < -0.39 is 0 Å². The van der Waals surface area contributed by atoms with Gasteiger partial charge in [0.25, 0.3) is 0 Å². The summed E-state index contributed by atoms with van der Waals surface area (Å²) >= 11 is 0. The lowest BCUT2D eigenvalue weighted by molar-refractivity contribution is 0.415. The molecule has 0 aliphatic carbocycles. The molecule has 0 spiro atoms. The molecule has 2 heterocycles. The van der Waals surface area contributed by atoms with E-state index in [1.54, 1.807) is 7.11 Å². The highest BCUT2D eigenvalue weighted by molar-refractivity contribution is 5.95. The Labute approximate surface area is 107 Å². The van der Waals surface area contributed by atoms with Crippen molar-refractivity contribution in [3.8, 4) is 5.75 Å². The van der Waals surface area contributed by atoms with Crippen LogP contribution in [0.3, 0.4) is 0 Å². The van der Waals surface area contributed by atoms with Gasteiger partial charge in [-0.05, 0) is 25.1 Å². The molecule has 0 radical (unpaired) electrons. The molecule has 4 heteroatoms. The number of H-pyrrole nitrogens is 1. The van der Waals surface area contributed by atoms with Crippen molar-refractivity contribution in [2.24, 2.45) is 0 Å². The molecule has 1 saturated heterocycles. The second-order valence-electron chi connectivity index (χ2n) is 4.75. The smallest absolute Gasteiger partial charge is 0.119 e. The van der Waals surface area contributed by atoms with E-state index in [4.69, 9.17) is 4.74 Å². The van der Waals surface area contributed by atoms with E-state index in [0.29, 0.717) is 0 Å². The molecule has 0 atom stereocenters. The molecule has 96 valence electrons. The first-order chi connectivity index (χ1) is 8.79. The summed E-state index contributed by atoms with van der Waals surface area (Å²) in [6.07, 6.45) is 0. The Morgan fingerprint density at radius 3 is 2.72 bits per heavy atom. The lowest BCUT2D eigenvalue weighted by Gasteiger charge is -2.29. The van der Waals surface area contributed by atoms with Crippen molar-refractivity contribution in [1.82, 2.24) is 10.3 Å². The SMILES string of the molecule is COc1ccc2[nH]c(C)c(N3CCNCC3)c2c1. The largest absolute Gasteiger partial charge is 0.497 e. The van der Waals surface area contributed by atoms with Gasteiger partial charge in [0.15, 0.2) is 0 Å². The molecule has 0 bridgehead atoms. The van der Waals surface area contributed by atoms with E-state index in [2.05, 4.69) is 34.3 Å². The Kier molecular flexibility index (Phi) is 2.88. The fraction of sp³-hybridized carbons (Fsp3) is 0.429. The van der Waals surface area contributed by atoms with Crippen LogP contribution < -0.4 is 15.0 Å². The van der Waals surface area contributed by atoms with Crippen LogP contribution in [0.15, 0.2) is 18.2 Å². The monoisotopic (exact) mass is 245 g/mol. The molecular formula is C14H19N3O. The first kappa shape index (κ1) is 11.4. The normalized spacial score (nSPS) is 16.2. The number of nitrogens with zero attached hydrogens (tertiary/aromatic N) is 1. The number of rotatable bonds is 2. The van der Waals surface area contributed by atoms with Gasteiger partial charge in [0.2, 0.25) is 0 Å². The van der Waals surface area contributed by atoms with Crippen molar-refractivity contribution in [1.29, 1.82) is 0 Å².